The number of hydrogen-bond donors (Lipinski definition) is 2. The monoisotopic (exact) mass is 274 g/mol. The molecular formula is C14H27ClN2O. The summed E-state index contributed by atoms with van der Waals surface area (Å²) in [5, 5.41) is 6.60. The molecule has 2 rings (SSSR count). The fraction of sp³-hybridized carbons (Fsp3) is 0.929. The molecule has 106 valence electrons. The summed E-state index contributed by atoms with van der Waals surface area (Å²) in [6.07, 6.45) is 8.37. The summed E-state index contributed by atoms with van der Waals surface area (Å²) in [4.78, 5) is 12.0. The first-order chi connectivity index (χ1) is 8.25. The lowest BCUT2D eigenvalue weighted by atomic mass is 9.86. The van der Waals surface area contributed by atoms with Gasteiger partial charge in [-0.15, -0.1) is 12.4 Å². The van der Waals surface area contributed by atoms with Crippen LogP contribution >= 0.6 is 12.4 Å². The van der Waals surface area contributed by atoms with Gasteiger partial charge in [0.25, 0.3) is 0 Å². The number of carbonyl (C=O) groups excluding carboxylic acids is 1. The van der Waals surface area contributed by atoms with Gasteiger partial charge in [0.1, 0.15) is 0 Å². The highest BCUT2D eigenvalue weighted by atomic mass is 35.5. The van der Waals surface area contributed by atoms with Crippen molar-refractivity contribution in [1.82, 2.24) is 10.6 Å². The lowest BCUT2D eigenvalue weighted by molar-refractivity contribution is -0.123. The summed E-state index contributed by atoms with van der Waals surface area (Å²) in [6, 6.07) is 0.396. The van der Waals surface area contributed by atoms with E-state index >= 15 is 0 Å². The molecule has 0 radical (unpaired) electrons. The minimum atomic E-state index is 0. The maximum absolute atomic E-state index is 12.0. The Morgan fingerprint density at radius 1 is 1.22 bits per heavy atom. The second kappa shape index (κ2) is 8.00. The molecule has 1 amide bonds. The van der Waals surface area contributed by atoms with Gasteiger partial charge in [-0.1, -0.05) is 26.2 Å². The molecule has 0 spiro atoms. The Kier molecular flexibility index (Phi) is 7.02. The molecule has 1 saturated heterocycles. The predicted octanol–water partition coefficient (Wildman–Crippen LogP) is 2.49. The first-order valence-corrected chi connectivity index (χ1v) is 7.26. The second-order valence-corrected chi connectivity index (χ2v) is 5.85. The number of carbonyl (C=O) groups is 1. The smallest absolute Gasteiger partial charge is 0.220 e. The average Bonchev–Trinajstić information content (AvgIpc) is 2.33. The topological polar surface area (TPSA) is 41.1 Å². The van der Waals surface area contributed by atoms with Gasteiger partial charge in [0, 0.05) is 12.5 Å². The Morgan fingerprint density at radius 2 is 1.94 bits per heavy atom. The molecule has 2 N–H and O–H groups in total. The van der Waals surface area contributed by atoms with Crippen LogP contribution in [0.25, 0.3) is 0 Å². The highest BCUT2D eigenvalue weighted by Crippen LogP contribution is 2.26. The molecule has 3 nitrogen and oxygen atoms in total. The molecule has 2 atom stereocenters. The van der Waals surface area contributed by atoms with Crippen molar-refractivity contribution in [3.63, 3.8) is 0 Å². The highest BCUT2D eigenvalue weighted by molar-refractivity contribution is 5.85. The zero-order chi connectivity index (χ0) is 12.1. The van der Waals surface area contributed by atoms with E-state index in [4.69, 9.17) is 0 Å². The van der Waals surface area contributed by atoms with Crippen LogP contribution in [0, 0.1) is 11.8 Å². The molecule has 0 aromatic rings. The van der Waals surface area contributed by atoms with Gasteiger partial charge in [-0.25, -0.2) is 0 Å². The molecule has 1 aliphatic heterocycles. The number of amides is 1. The molecule has 2 unspecified atom stereocenters. The van der Waals surface area contributed by atoms with Gasteiger partial charge < -0.3 is 10.6 Å². The van der Waals surface area contributed by atoms with Gasteiger partial charge in [-0.05, 0) is 44.2 Å². The van der Waals surface area contributed by atoms with E-state index in [1.807, 2.05) is 0 Å². The van der Waals surface area contributed by atoms with Crippen LogP contribution in [0.1, 0.15) is 51.9 Å². The van der Waals surface area contributed by atoms with E-state index in [-0.39, 0.29) is 18.3 Å². The third-order valence-corrected chi connectivity index (χ3v) is 4.33. The fourth-order valence-corrected chi connectivity index (χ4v) is 3.15. The van der Waals surface area contributed by atoms with Crippen molar-refractivity contribution in [2.75, 3.05) is 13.1 Å². The van der Waals surface area contributed by atoms with Gasteiger partial charge in [0.05, 0.1) is 0 Å². The Hall–Kier alpha value is -0.280. The maximum atomic E-state index is 12.0. The normalized spacial score (nSPS) is 29.4. The molecule has 1 saturated carbocycles. The van der Waals surface area contributed by atoms with E-state index in [9.17, 15) is 4.79 Å². The first-order valence-electron chi connectivity index (χ1n) is 7.26. The Balaban J connectivity index is 0.00000162. The van der Waals surface area contributed by atoms with Gasteiger partial charge >= 0.3 is 0 Å². The molecule has 4 heteroatoms. The summed E-state index contributed by atoms with van der Waals surface area (Å²) in [5.41, 5.74) is 0. The largest absolute Gasteiger partial charge is 0.353 e. The fourth-order valence-electron chi connectivity index (χ4n) is 3.15. The molecular weight excluding hydrogens is 248 g/mol. The molecule has 0 aromatic heterocycles. The Morgan fingerprint density at radius 3 is 2.61 bits per heavy atom. The Labute approximate surface area is 117 Å². The number of rotatable bonds is 3. The second-order valence-electron chi connectivity index (χ2n) is 5.85. The van der Waals surface area contributed by atoms with E-state index in [1.165, 1.54) is 32.1 Å². The van der Waals surface area contributed by atoms with Crippen LogP contribution in [0.15, 0.2) is 0 Å². The SMILES string of the molecule is CC1CNCCC1NC(=O)CC1CCCCC1.Cl. The number of piperidine rings is 1. The van der Waals surface area contributed by atoms with Crippen molar-refractivity contribution in [3.05, 3.63) is 0 Å². The summed E-state index contributed by atoms with van der Waals surface area (Å²) in [5.74, 6) is 1.51. The summed E-state index contributed by atoms with van der Waals surface area (Å²) >= 11 is 0. The zero-order valence-corrected chi connectivity index (χ0v) is 12.2. The highest BCUT2D eigenvalue weighted by Gasteiger charge is 2.24. The van der Waals surface area contributed by atoms with Gasteiger partial charge in [-0.3, -0.25) is 4.79 Å². The zero-order valence-electron chi connectivity index (χ0n) is 11.4. The lowest BCUT2D eigenvalue weighted by Gasteiger charge is -2.31. The Bertz CT molecular complexity index is 254. The molecule has 0 bridgehead atoms. The summed E-state index contributed by atoms with van der Waals surface area (Å²) in [6.45, 7) is 4.30. The third kappa shape index (κ3) is 4.77. The molecule has 1 aliphatic carbocycles. The average molecular weight is 275 g/mol. The van der Waals surface area contributed by atoms with Crippen LogP contribution < -0.4 is 10.6 Å². The van der Waals surface area contributed by atoms with Crippen LogP contribution in [-0.4, -0.2) is 25.0 Å². The van der Waals surface area contributed by atoms with Crippen molar-refractivity contribution >= 4 is 18.3 Å². The third-order valence-electron chi connectivity index (χ3n) is 4.33. The number of halogens is 1. The lowest BCUT2D eigenvalue weighted by Crippen LogP contribution is -2.48. The van der Waals surface area contributed by atoms with Crippen molar-refractivity contribution in [2.24, 2.45) is 11.8 Å². The predicted molar refractivity (Wildman–Crippen MR) is 77.0 cm³/mol. The molecule has 18 heavy (non-hydrogen) atoms. The molecule has 1 heterocycles. The minimum Gasteiger partial charge on any atom is -0.353 e. The quantitative estimate of drug-likeness (QED) is 0.830. The molecule has 0 aromatic carbocycles. The minimum absolute atomic E-state index is 0. The van der Waals surface area contributed by atoms with E-state index in [2.05, 4.69) is 17.6 Å². The van der Waals surface area contributed by atoms with Crippen molar-refractivity contribution in [2.45, 2.75) is 57.9 Å². The van der Waals surface area contributed by atoms with Crippen LogP contribution in [0.4, 0.5) is 0 Å². The van der Waals surface area contributed by atoms with Gasteiger partial charge in [0.15, 0.2) is 0 Å². The number of nitrogens with one attached hydrogen (secondary N) is 2. The first kappa shape index (κ1) is 15.8. The van der Waals surface area contributed by atoms with E-state index in [0.29, 0.717) is 17.9 Å². The van der Waals surface area contributed by atoms with E-state index in [1.54, 1.807) is 0 Å². The van der Waals surface area contributed by atoms with Crippen molar-refractivity contribution < 1.29 is 4.79 Å². The summed E-state index contributed by atoms with van der Waals surface area (Å²) in [7, 11) is 0. The molecule has 2 aliphatic rings. The summed E-state index contributed by atoms with van der Waals surface area (Å²) < 4.78 is 0. The maximum Gasteiger partial charge on any atom is 0.220 e. The van der Waals surface area contributed by atoms with E-state index in [0.717, 1.165) is 25.9 Å². The van der Waals surface area contributed by atoms with Crippen molar-refractivity contribution in [1.29, 1.82) is 0 Å². The van der Waals surface area contributed by atoms with Crippen LogP contribution in [0.5, 0.6) is 0 Å². The van der Waals surface area contributed by atoms with Gasteiger partial charge in [-0.2, -0.15) is 0 Å². The van der Waals surface area contributed by atoms with Crippen molar-refractivity contribution in [3.8, 4) is 0 Å². The van der Waals surface area contributed by atoms with Gasteiger partial charge in [0.2, 0.25) is 5.91 Å². The van der Waals surface area contributed by atoms with Crippen LogP contribution in [-0.2, 0) is 4.79 Å². The standard InChI is InChI=1S/C14H26N2O.ClH/c1-11-10-15-8-7-13(11)16-14(17)9-12-5-3-2-4-6-12;/h11-13,15H,2-10H2,1H3,(H,16,17);1H. The number of hydrogen-bond acceptors (Lipinski definition) is 2. The molecule has 2 fully saturated rings. The van der Waals surface area contributed by atoms with E-state index < -0.39 is 0 Å². The van der Waals surface area contributed by atoms with Crippen LogP contribution in [0.2, 0.25) is 0 Å². The van der Waals surface area contributed by atoms with Crippen LogP contribution in [0.3, 0.4) is 0 Å².